The van der Waals surface area contributed by atoms with Gasteiger partial charge in [-0.15, -0.1) is 0 Å². The van der Waals surface area contributed by atoms with Crippen LogP contribution in [0, 0.1) is 17.7 Å². The lowest BCUT2D eigenvalue weighted by molar-refractivity contribution is 0.439. The number of benzene rings is 1. The Morgan fingerprint density at radius 3 is 2.94 bits per heavy atom. The second-order valence-electron chi connectivity index (χ2n) is 5.15. The van der Waals surface area contributed by atoms with E-state index in [9.17, 15) is 4.39 Å². The molecule has 1 aromatic heterocycles. The van der Waals surface area contributed by atoms with Crippen LogP contribution in [0.25, 0.3) is 11.0 Å². The van der Waals surface area contributed by atoms with Crippen LogP contribution in [0.4, 0.5) is 10.3 Å². The Kier molecular flexibility index (Phi) is 2.70. The van der Waals surface area contributed by atoms with Crippen LogP contribution in [0.3, 0.4) is 0 Å². The Morgan fingerprint density at radius 2 is 2.28 bits per heavy atom. The topological polar surface area (TPSA) is 43.8 Å². The van der Waals surface area contributed by atoms with E-state index in [1.54, 1.807) is 0 Å². The van der Waals surface area contributed by atoms with E-state index in [2.05, 4.69) is 11.9 Å². The molecule has 0 spiro atoms. The van der Waals surface area contributed by atoms with Crippen LogP contribution in [0.2, 0.25) is 5.02 Å². The molecule has 1 aliphatic rings. The van der Waals surface area contributed by atoms with E-state index in [4.69, 9.17) is 17.3 Å². The van der Waals surface area contributed by atoms with Gasteiger partial charge in [-0.3, -0.25) is 0 Å². The Balaban J connectivity index is 2.04. The van der Waals surface area contributed by atoms with Gasteiger partial charge in [0.15, 0.2) is 0 Å². The number of anilines is 1. The van der Waals surface area contributed by atoms with E-state index in [0.717, 1.165) is 18.0 Å². The number of nitrogen functional groups attached to an aromatic ring is 1. The molecule has 5 heteroatoms. The average molecular weight is 268 g/mol. The van der Waals surface area contributed by atoms with Crippen LogP contribution in [0.1, 0.15) is 19.8 Å². The maximum Gasteiger partial charge on any atom is 0.201 e. The van der Waals surface area contributed by atoms with Gasteiger partial charge < -0.3 is 10.3 Å². The van der Waals surface area contributed by atoms with E-state index < -0.39 is 5.82 Å². The molecule has 18 heavy (non-hydrogen) atoms. The van der Waals surface area contributed by atoms with Gasteiger partial charge in [0.05, 0.1) is 16.1 Å². The second-order valence-corrected chi connectivity index (χ2v) is 5.56. The molecular weight excluding hydrogens is 253 g/mol. The quantitative estimate of drug-likeness (QED) is 0.926. The third-order valence-electron chi connectivity index (χ3n) is 3.72. The number of aromatic nitrogens is 2. The van der Waals surface area contributed by atoms with Gasteiger partial charge in [-0.05, 0) is 30.7 Å². The van der Waals surface area contributed by atoms with Crippen molar-refractivity contribution in [1.82, 2.24) is 9.55 Å². The number of nitrogens with zero attached hydrogens (tertiary/aromatic N) is 2. The Labute approximate surface area is 110 Å². The fourth-order valence-corrected chi connectivity index (χ4v) is 2.59. The van der Waals surface area contributed by atoms with Crippen molar-refractivity contribution < 1.29 is 4.39 Å². The number of rotatable bonds is 3. The molecule has 0 amide bonds. The SMILES string of the molecule is CC(Cn1c(N)nc2cc(Cl)c(F)cc21)C1CC1. The molecule has 1 aromatic carbocycles. The molecule has 1 unspecified atom stereocenters. The predicted octanol–water partition coefficient (Wildman–Crippen LogP) is 3.46. The normalized spacial score (nSPS) is 17.3. The molecule has 96 valence electrons. The number of hydrogen-bond donors (Lipinski definition) is 1. The van der Waals surface area contributed by atoms with Gasteiger partial charge in [0.1, 0.15) is 5.82 Å². The van der Waals surface area contributed by atoms with Crippen LogP contribution < -0.4 is 5.73 Å². The number of nitrogens with two attached hydrogens (primary N) is 1. The lowest BCUT2D eigenvalue weighted by Crippen LogP contribution is -2.11. The van der Waals surface area contributed by atoms with Crippen molar-refractivity contribution in [2.45, 2.75) is 26.3 Å². The fourth-order valence-electron chi connectivity index (χ4n) is 2.43. The van der Waals surface area contributed by atoms with Crippen LogP contribution in [-0.2, 0) is 6.54 Å². The first kappa shape index (κ1) is 11.8. The molecule has 0 radical (unpaired) electrons. The second kappa shape index (κ2) is 4.12. The summed E-state index contributed by atoms with van der Waals surface area (Å²) in [5.74, 6) is 1.32. The van der Waals surface area contributed by atoms with Crippen LogP contribution >= 0.6 is 11.6 Å². The maximum atomic E-state index is 13.5. The van der Waals surface area contributed by atoms with Crippen molar-refractivity contribution in [1.29, 1.82) is 0 Å². The molecule has 1 heterocycles. The van der Waals surface area contributed by atoms with E-state index >= 15 is 0 Å². The smallest absolute Gasteiger partial charge is 0.201 e. The molecule has 1 atom stereocenters. The number of halogens is 2. The summed E-state index contributed by atoms with van der Waals surface area (Å²) in [4.78, 5) is 4.24. The van der Waals surface area contributed by atoms with Gasteiger partial charge in [0.2, 0.25) is 5.95 Å². The Bertz CT molecular complexity index is 604. The summed E-state index contributed by atoms with van der Waals surface area (Å²) in [5, 5.41) is 0.0855. The first-order valence-electron chi connectivity index (χ1n) is 6.17. The van der Waals surface area contributed by atoms with Crippen molar-refractivity contribution in [2.75, 3.05) is 5.73 Å². The summed E-state index contributed by atoms with van der Waals surface area (Å²) in [6.07, 6.45) is 2.57. The summed E-state index contributed by atoms with van der Waals surface area (Å²) in [6.45, 7) is 2.99. The Hall–Kier alpha value is -1.29. The highest BCUT2D eigenvalue weighted by Gasteiger charge is 2.28. The highest BCUT2D eigenvalue weighted by Crippen LogP contribution is 2.38. The van der Waals surface area contributed by atoms with Crippen molar-refractivity contribution in [3.8, 4) is 0 Å². The monoisotopic (exact) mass is 267 g/mol. The third-order valence-corrected chi connectivity index (χ3v) is 4.01. The van der Waals surface area contributed by atoms with Gasteiger partial charge in [-0.25, -0.2) is 9.37 Å². The zero-order valence-electron chi connectivity index (χ0n) is 10.2. The maximum absolute atomic E-state index is 13.5. The van der Waals surface area contributed by atoms with Crippen molar-refractivity contribution in [3.63, 3.8) is 0 Å². The molecule has 1 fully saturated rings. The van der Waals surface area contributed by atoms with Gasteiger partial charge >= 0.3 is 0 Å². The zero-order chi connectivity index (χ0) is 12.9. The third kappa shape index (κ3) is 1.94. The van der Waals surface area contributed by atoms with E-state index in [1.165, 1.54) is 25.0 Å². The largest absolute Gasteiger partial charge is 0.369 e. The molecule has 0 saturated heterocycles. The van der Waals surface area contributed by atoms with Crippen molar-refractivity contribution in [2.24, 2.45) is 11.8 Å². The van der Waals surface area contributed by atoms with Crippen molar-refractivity contribution >= 4 is 28.6 Å². The molecule has 0 bridgehead atoms. The summed E-state index contributed by atoms with van der Waals surface area (Å²) >= 11 is 5.75. The van der Waals surface area contributed by atoms with Gasteiger partial charge in [-0.1, -0.05) is 18.5 Å². The number of imidazole rings is 1. The van der Waals surface area contributed by atoms with Gasteiger partial charge in [0, 0.05) is 12.6 Å². The van der Waals surface area contributed by atoms with Crippen LogP contribution in [0.5, 0.6) is 0 Å². The highest BCUT2D eigenvalue weighted by molar-refractivity contribution is 6.31. The lowest BCUT2D eigenvalue weighted by atomic mass is 10.1. The number of hydrogen-bond acceptors (Lipinski definition) is 2. The minimum atomic E-state index is -0.426. The molecule has 1 saturated carbocycles. The first-order valence-corrected chi connectivity index (χ1v) is 6.55. The summed E-state index contributed by atoms with van der Waals surface area (Å²) in [7, 11) is 0. The standard InChI is InChI=1S/C13H15ClFN3/c1-7(8-2-3-8)6-18-12-5-10(15)9(14)4-11(12)17-13(18)16/h4-5,7-8H,2-3,6H2,1H3,(H2,16,17). The zero-order valence-corrected chi connectivity index (χ0v) is 10.9. The molecule has 3 rings (SSSR count). The first-order chi connectivity index (χ1) is 8.56. The Morgan fingerprint density at radius 1 is 1.56 bits per heavy atom. The van der Waals surface area contributed by atoms with Gasteiger partial charge in [0.25, 0.3) is 0 Å². The highest BCUT2D eigenvalue weighted by atomic mass is 35.5. The molecule has 2 N–H and O–H groups in total. The molecule has 1 aliphatic carbocycles. The van der Waals surface area contributed by atoms with E-state index in [0.29, 0.717) is 17.4 Å². The van der Waals surface area contributed by atoms with Crippen molar-refractivity contribution in [3.05, 3.63) is 23.0 Å². The van der Waals surface area contributed by atoms with Gasteiger partial charge in [-0.2, -0.15) is 0 Å². The van der Waals surface area contributed by atoms with Crippen LogP contribution in [0.15, 0.2) is 12.1 Å². The number of fused-ring (bicyclic) bond motifs is 1. The average Bonchev–Trinajstić information content (AvgIpc) is 3.10. The molecule has 3 nitrogen and oxygen atoms in total. The molecule has 0 aliphatic heterocycles. The minimum Gasteiger partial charge on any atom is -0.369 e. The summed E-state index contributed by atoms with van der Waals surface area (Å²) in [6, 6.07) is 2.95. The predicted molar refractivity (Wildman–Crippen MR) is 71.0 cm³/mol. The fraction of sp³-hybridized carbons (Fsp3) is 0.462. The summed E-state index contributed by atoms with van der Waals surface area (Å²) in [5.41, 5.74) is 7.29. The minimum absolute atomic E-state index is 0.0855. The molecule has 2 aromatic rings. The van der Waals surface area contributed by atoms with E-state index in [1.807, 2.05) is 4.57 Å². The summed E-state index contributed by atoms with van der Waals surface area (Å²) < 4.78 is 15.4. The molecular formula is C13H15ClFN3. The lowest BCUT2D eigenvalue weighted by Gasteiger charge is -2.13. The van der Waals surface area contributed by atoms with Crippen LogP contribution in [-0.4, -0.2) is 9.55 Å². The van der Waals surface area contributed by atoms with E-state index in [-0.39, 0.29) is 5.02 Å².